The van der Waals surface area contributed by atoms with Gasteiger partial charge in [-0.05, 0) is 55.5 Å². The van der Waals surface area contributed by atoms with Crippen molar-refractivity contribution in [2.45, 2.75) is 82.6 Å². The molecule has 5 aliphatic rings. The van der Waals surface area contributed by atoms with E-state index in [1.165, 1.54) is 15.8 Å². The molecule has 3 N–H and O–H groups in total. The molecule has 3 fully saturated rings. The van der Waals surface area contributed by atoms with Gasteiger partial charge in [0.05, 0.1) is 5.92 Å². The van der Waals surface area contributed by atoms with Crippen molar-refractivity contribution < 1.29 is 24.2 Å². The Kier molecular flexibility index (Phi) is 5.95. The Bertz CT molecular complexity index is 1480. The monoisotopic (exact) mass is 561 g/mol. The van der Waals surface area contributed by atoms with Gasteiger partial charge in [0.15, 0.2) is 0 Å². The normalized spacial score (nSPS) is 34.6. The van der Waals surface area contributed by atoms with Crippen LogP contribution in [0.1, 0.15) is 57.6 Å². The summed E-state index contributed by atoms with van der Waals surface area (Å²) in [6.45, 7) is 6.57. The Morgan fingerprint density at radius 2 is 2.10 bits per heavy atom. The van der Waals surface area contributed by atoms with Crippen molar-refractivity contribution in [1.82, 2.24) is 25.0 Å². The Morgan fingerprint density at radius 3 is 2.85 bits per heavy atom. The smallest absolute Gasteiger partial charge is 0.281 e. The van der Waals surface area contributed by atoms with Crippen LogP contribution in [-0.4, -0.2) is 92.4 Å². The molecule has 218 valence electrons. The number of carbonyl (C=O) groups excluding carboxylic acids is 3. The number of aromatic nitrogens is 1. The van der Waals surface area contributed by atoms with Crippen LogP contribution in [0.25, 0.3) is 16.5 Å². The molecule has 3 saturated heterocycles. The molecule has 10 nitrogen and oxygen atoms in total. The fourth-order valence-corrected chi connectivity index (χ4v) is 7.98. The first kappa shape index (κ1) is 26.7. The summed E-state index contributed by atoms with van der Waals surface area (Å²) in [7, 11) is 2.03. The van der Waals surface area contributed by atoms with Crippen molar-refractivity contribution in [3.63, 3.8) is 0 Å². The van der Waals surface area contributed by atoms with E-state index in [2.05, 4.69) is 33.5 Å². The predicted octanol–water partition coefficient (Wildman–Crippen LogP) is 2.18. The summed E-state index contributed by atoms with van der Waals surface area (Å²) in [5.41, 5.74) is 2.81. The van der Waals surface area contributed by atoms with Crippen molar-refractivity contribution in [2.24, 2.45) is 11.8 Å². The second kappa shape index (κ2) is 9.14. The summed E-state index contributed by atoms with van der Waals surface area (Å²) in [5, 5.41) is 16.2. The van der Waals surface area contributed by atoms with E-state index in [4.69, 9.17) is 4.74 Å². The highest BCUT2D eigenvalue weighted by molar-refractivity contribution is 6.01. The van der Waals surface area contributed by atoms with Gasteiger partial charge < -0.3 is 20.3 Å². The van der Waals surface area contributed by atoms with Gasteiger partial charge in [-0.1, -0.05) is 45.4 Å². The first-order chi connectivity index (χ1) is 19.6. The molecule has 1 aromatic carbocycles. The highest BCUT2D eigenvalue weighted by Crippen LogP contribution is 2.48. The lowest BCUT2D eigenvalue weighted by Crippen LogP contribution is -2.71. The number of nitrogens with zero attached hydrogens (tertiary/aromatic N) is 3. The molecule has 3 amide bonds. The highest BCUT2D eigenvalue weighted by Gasteiger charge is 2.71. The van der Waals surface area contributed by atoms with Crippen LogP contribution in [0.5, 0.6) is 0 Å². The lowest BCUT2D eigenvalue weighted by Gasteiger charge is -2.48. The van der Waals surface area contributed by atoms with Gasteiger partial charge >= 0.3 is 0 Å². The predicted molar refractivity (Wildman–Crippen MR) is 152 cm³/mol. The van der Waals surface area contributed by atoms with Crippen molar-refractivity contribution in [3.05, 3.63) is 41.6 Å². The second-order valence-electron chi connectivity index (χ2n) is 12.7. The fraction of sp³-hybridized carbons (Fsp3) is 0.581. The van der Waals surface area contributed by atoms with Gasteiger partial charge in [0.2, 0.25) is 17.5 Å². The molecule has 41 heavy (non-hydrogen) atoms. The number of aromatic amines is 1. The quantitative estimate of drug-likeness (QED) is 0.515. The van der Waals surface area contributed by atoms with Crippen molar-refractivity contribution in [3.8, 4) is 0 Å². The number of carbonyl (C=O) groups is 3. The average Bonchev–Trinajstić information content (AvgIpc) is 3.65. The average molecular weight is 562 g/mol. The molecule has 0 bridgehead atoms. The van der Waals surface area contributed by atoms with E-state index in [0.29, 0.717) is 32.4 Å². The minimum absolute atomic E-state index is 0.151. The topological polar surface area (TPSA) is 118 Å². The van der Waals surface area contributed by atoms with Crippen LogP contribution in [0.4, 0.5) is 0 Å². The Hall–Kier alpha value is -3.21. The molecular formula is C31H39N5O5. The van der Waals surface area contributed by atoms with Gasteiger partial charge in [-0.25, -0.2) is 0 Å². The molecule has 5 heterocycles. The maximum atomic E-state index is 14.3. The molecule has 4 aliphatic heterocycles. The number of likely N-dealkylation sites (N-methyl/N-ethyl adjacent to an activating group) is 1. The van der Waals surface area contributed by atoms with Crippen LogP contribution in [0.15, 0.2) is 30.5 Å². The standard InChI is InChI=1S/C31H39N5O5/c1-5-8-23-28(38)35-12-7-11-25(35)31(40)36(23)29(39)30(41-31,17(2)3)33-27(37)19-13-21-20-9-6-10-22-26(20)18(15-32-22)14-24(21)34(4)16-19/h6,9-10,13,15,17,19,23-25,32,40H,5,7-8,11-12,14,16H2,1-4H3,(H,33,37)/t19-,23+,24-,25+,30-,31+/m1/s1. The Balaban J connectivity index is 1.24. The van der Waals surface area contributed by atoms with E-state index in [1.54, 1.807) is 18.7 Å². The third-order valence-electron chi connectivity index (χ3n) is 10.0. The van der Waals surface area contributed by atoms with E-state index in [-0.39, 0.29) is 17.9 Å². The minimum Gasteiger partial charge on any atom is -0.361 e. The van der Waals surface area contributed by atoms with Gasteiger partial charge in [-0.2, -0.15) is 0 Å². The van der Waals surface area contributed by atoms with Crippen LogP contribution in [-0.2, 0) is 25.5 Å². The summed E-state index contributed by atoms with van der Waals surface area (Å²) in [4.78, 5) is 50.3. The number of hydrogen-bond acceptors (Lipinski definition) is 6. The molecule has 0 radical (unpaired) electrons. The van der Waals surface area contributed by atoms with Crippen molar-refractivity contribution in [1.29, 1.82) is 0 Å². The van der Waals surface area contributed by atoms with Crippen LogP contribution in [0.2, 0.25) is 0 Å². The molecule has 7 rings (SSSR count). The number of benzene rings is 1. The number of rotatable bonds is 5. The largest absolute Gasteiger partial charge is 0.361 e. The summed E-state index contributed by atoms with van der Waals surface area (Å²) in [6.07, 6.45) is 7.31. The molecular weight excluding hydrogens is 522 g/mol. The van der Waals surface area contributed by atoms with Gasteiger partial charge in [0.1, 0.15) is 12.1 Å². The van der Waals surface area contributed by atoms with Gasteiger partial charge in [0, 0.05) is 42.1 Å². The number of fused-ring (bicyclic) bond motifs is 5. The number of aliphatic hydroxyl groups is 1. The van der Waals surface area contributed by atoms with Gasteiger partial charge in [-0.3, -0.25) is 28.9 Å². The van der Waals surface area contributed by atoms with Gasteiger partial charge in [-0.15, -0.1) is 0 Å². The molecule has 0 spiro atoms. The SMILES string of the molecule is CCC[C@H]1C(=O)N2CCC[C@H]2[C@]2(O)O[C@](NC(=O)[C@@H]3C=C4c5cccc6[nH]cc(c56)C[C@H]4N(C)C3)(C(C)C)C(=O)N12. The first-order valence-corrected chi connectivity index (χ1v) is 15.0. The third-order valence-corrected chi connectivity index (χ3v) is 10.0. The first-order valence-electron chi connectivity index (χ1n) is 15.0. The summed E-state index contributed by atoms with van der Waals surface area (Å²) < 4.78 is 6.40. The number of ether oxygens (including phenoxy) is 1. The highest BCUT2D eigenvalue weighted by atomic mass is 16.7. The summed E-state index contributed by atoms with van der Waals surface area (Å²) in [5.74, 6) is -4.04. The van der Waals surface area contributed by atoms with Crippen LogP contribution in [0, 0.1) is 11.8 Å². The van der Waals surface area contributed by atoms with E-state index in [0.717, 1.165) is 29.5 Å². The minimum atomic E-state index is -1.99. The fourth-order valence-electron chi connectivity index (χ4n) is 7.98. The molecule has 0 saturated carbocycles. The van der Waals surface area contributed by atoms with Crippen LogP contribution < -0.4 is 5.32 Å². The van der Waals surface area contributed by atoms with E-state index < -0.39 is 41.5 Å². The lowest BCUT2D eigenvalue weighted by atomic mass is 9.79. The maximum Gasteiger partial charge on any atom is 0.281 e. The molecule has 10 heteroatoms. The third kappa shape index (κ3) is 3.56. The molecule has 2 aromatic rings. The zero-order chi connectivity index (χ0) is 28.8. The maximum absolute atomic E-state index is 14.3. The van der Waals surface area contributed by atoms with E-state index in [9.17, 15) is 19.5 Å². The number of nitrogens with one attached hydrogen (secondary N) is 2. The van der Waals surface area contributed by atoms with E-state index >= 15 is 0 Å². The number of piperazine rings is 1. The van der Waals surface area contributed by atoms with Crippen LogP contribution in [0.3, 0.4) is 0 Å². The Morgan fingerprint density at radius 1 is 1.29 bits per heavy atom. The zero-order valence-electron chi connectivity index (χ0n) is 24.1. The molecule has 1 aromatic heterocycles. The molecule has 6 atom stereocenters. The van der Waals surface area contributed by atoms with E-state index in [1.807, 2.05) is 26.1 Å². The number of amides is 3. The second-order valence-corrected chi connectivity index (χ2v) is 12.7. The van der Waals surface area contributed by atoms with Crippen molar-refractivity contribution >= 4 is 34.2 Å². The molecule has 0 unspecified atom stereocenters. The lowest BCUT2D eigenvalue weighted by molar-refractivity contribution is -0.322. The summed E-state index contributed by atoms with van der Waals surface area (Å²) in [6, 6.07) is 4.87. The number of H-pyrrole nitrogens is 1. The number of hydrogen-bond donors (Lipinski definition) is 3. The Labute approximate surface area is 239 Å². The zero-order valence-corrected chi connectivity index (χ0v) is 24.1. The van der Waals surface area contributed by atoms with Crippen molar-refractivity contribution in [2.75, 3.05) is 20.1 Å². The molecule has 1 aliphatic carbocycles. The summed E-state index contributed by atoms with van der Waals surface area (Å²) >= 11 is 0. The van der Waals surface area contributed by atoms with Gasteiger partial charge in [0.25, 0.3) is 11.8 Å². The van der Waals surface area contributed by atoms with Crippen LogP contribution >= 0.6 is 0 Å².